The summed E-state index contributed by atoms with van der Waals surface area (Å²) >= 11 is 0. The van der Waals surface area contributed by atoms with Crippen molar-refractivity contribution in [1.82, 2.24) is 0 Å². The fraction of sp³-hybridized carbons (Fsp3) is 0.500. The second-order valence-corrected chi connectivity index (χ2v) is 4.87. The number of rotatable bonds is 5. The summed E-state index contributed by atoms with van der Waals surface area (Å²) in [6.07, 6.45) is 6.34. The number of hydrogen-bond donors (Lipinski definition) is 0. The lowest BCUT2D eigenvalue weighted by Crippen LogP contribution is -2.23. The molecule has 1 aromatic carbocycles. The van der Waals surface area contributed by atoms with E-state index in [0.717, 1.165) is 18.4 Å². The van der Waals surface area contributed by atoms with Gasteiger partial charge in [0.25, 0.3) is 0 Å². The molecule has 1 unspecified atom stereocenters. The zero-order valence-corrected chi connectivity index (χ0v) is 11.1. The molecule has 0 aliphatic heterocycles. The van der Waals surface area contributed by atoms with Gasteiger partial charge >= 0.3 is 0 Å². The minimum absolute atomic E-state index is 0.221. The highest BCUT2D eigenvalue weighted by atomic mass is 16.7. The first-order valence-corrected chi connectivity index (χ1v) is 6.82. The van der Waals surface area contributed by atoms with E-state index in [1.165, 1.54) is 19.3 Å². The van der Waals surface area contributed by atoms with Gasteiger partial charge in [0, 0.05) is 5.56 Å². The Labute approximate surface area is 110 Å². The molecule has 1 fully saturated rings. The Balaban J connectivity index is 1.80. The lowest BCUT2D eigenvalue weighted by atomic mass is 9.98. The van der Waals surface area contributed by atoms with Gasteiger partial charge in [-0.2, -0.15) is 0 Å². The summed E-state index contributed by atoms with van der Waals surface area (Å²) in [6, 6.07) is 9.94. The van der Waals surface area contributed by atoms with Crippen LogP contribution < -0.4 is 0 Å². The molecule has 1 aliphatic rings. The first kappa shape index (κ1) is 13.2. The van der Waals surface area contributed by atoms with Crippen LogP contribution in [0.15, 0.2) is 36.9 Å². The average molecular weight is 246 g/mol. The average Bonchev–Trinajstić information content (AvgIpc) is 2.40. The van der Waals surface area contributed by atoms with Gasteiger partial charge in [-0.15, -0.1) is 0 Å². The van der Waals surface area contributed by atoms with Crippen LogP contribution in [0.4, 0.5) is 0 Å². The first-order valence-electron chi connectivity index (χ1n) is 6.82. The molecule has 0 spiro atoms. The van der Waals surface area contributed by atoms with Crippen molar-refractivity contribution in [3.8, 4) is 0 Å². The molecule has 2 rings (SSSR count). The van der Waals surface area contributed by atoms with E-state index in [4.69, 9.17) is 9.47 Å². The number of ether oxygens (including phenoxy) is 2. The predicted octanol–water partition coefficient (Wildman–Crippen LogP) is 4.37. The maximum atomic E-state index is 5.90. The molecule has 0 aromatic heterocycles. The summed E-state index contributed by atoms with van der Waals surface area (Å²) < 4.78 is 11.6. The molecule has 98 valence electrons. The molecule has 0 radical (unpaired) electrons. The molecule has 1 atom stereocenters. The summed E-state index contributed by atoms with van der Waals surface area (Å²) in [4.78, 5) is 0. The monoisotopic (exact) mass is 246 g/mol. The molecule has 1 aromatic rings. The third-order valence-corrected chi connectivity index (χ3v) is 3.34. The van der Waals surface area contributed by atoms with E-state index in [1.54, 1.807) is 0 Å². The van der Waals surface area contributed by atoms with Crippen molar-refractivity contribution in [2.24, 2.45) is 0 Å². The highest BCUT2D eigenvalue weighted by Gasteiger charge is 2.17. The Morgan fingerprint density at radius 2 is 1.83 bits per heavy atom. The lowest BCUT2D eigenvalue weighted by Gasteiger charge is -2.26. The van der Waals surface area contributed by atoms with Crippen molar-refractivity contribution < 1.29 is 9.47 Å². The molecular weight excluding hydrogens is 224 g/mol. The molecule has 2 nitrogen and oxygen atoms in total. The Morgan fingerprint density at radius 1 is 1.17 bits per heavy atom. The standard InChI is InChI=1S/C16H22O2/c1-13(15-9-5-3-6-10-15)17-14(2)18-16-11-7-4-8-12-16/h3,5-6,9-10,14,16H,1,4,7-8,11-12H2,2H3. The van der Waals surface area contributed by atoms with Crippen LogP contribution in [0.1, 0.15) is 44.6 Å². The van der Waals surface area contributed by atoms with Crippen LogP contribution in [-0.2, 0) is 9.47 Å². The molecule has 2 heteroatoms. The minimum atomic E-state index is -0.221. The summed E-state index contributed by atoms with van der Waals surface area (Å²) in [5, 5.41) is 0. The molecule has 18 heavy (non-hydrogen) atoms. The Kier molecular flexibility index (Phi) is 4.82. The molecule has 0 N–H and O–H groups in total. The van der Waals surface area contributed by atoms with Crippen molar-refractivity contribution >= 4 is 5.76 Å². The van der Waals surface area contributed by atoms with Crippen molar-refractivity contribution in [3.05, 3.63) is 42.5 Å². The van der Waals surface area contributed by atoms with Crippen LogP contribution in [0.3, 0.4) is 0 Å². The lowest BCUT2D eigenvalue weighted by molar-refractivity contribution is -0.129. The van der Waals surface area contributed by atoms with E-state index in [9.17, 15) is 0 Å². The molecular formula is C16H22O2. The van der Waals surface area contributed by atoms with Crippen LogP contribution in [0, 0.1) is 0 Å². The van der Waals surface area contributed by atoms with Crippen LogP contribution in [0.25, 0.3) is 5.76 Å². The minimum Gasteiger partial charge on any atom is -0.465 e. The topological polar surface area (TPSA) is 18.5 Å². The Morgan fingerprint density at radius 3 is 2.50 bits per heavy atom. The molecule has 1 aliphatic carbocycles. The van der Waals surface area contributed by atoms with Gasteiger partial charge in [-0.05, 0) is 19.8 Å². The zero-order valence-electron chi connectivity index (χ0n) is 11.1. The molecule has 0 heterocycles. The molecule has 0 amide bonds. The molecule has 0 saturated heterocycles. The number of hydrogen-bond acceptors (Lipinski definition) is 2. The highest BCUT2D eigenvalue weighted by Crippen LogP contribution is 2.23. The van der Waals surface area contributed by atoms with E-state index >= 15 is 0 Å². The molecule has 0 bridgehead atoms. The zero-order chi connectivity index (χ0) is 12.8. The Bertz CT molecular complexity index is 366. The van der Waals surface area contributed by atoms with Gasteiger partial charge in [0.05, 0.1) is 6.10 Å². The number of benzene rings is 1. The molecule has 1 saturated carbocycles. The fourth-order valence-electron chi connectivity index (χ4n) is 2.39. The van der Waals surface area contributed by atoms with E-state index in [2.05, 4.69) is 6.58 Å². The van der Waals surface area contributed by atoms with Gasteiger partial charge in [0.2, 0.25) is 0 Å². The van der Waals surface area contributed by atoms with Crippen LogP contribution in [0.2, 0.25) is 0 Å². The third kappa shape index (κ3) is 3.88. The highest BCUT2D eigenvalue weighted by molar-refractivity contribution is 5.56. The van der Waals surface area contributed by atoms with Crippen molar-refractivity contribution in [2.45, 2.75) is 51.4 Å². The Hall–Kier alpha value is -1.28. The predicted molar refractivity (Wildman–Crippen MR) is 74.0 cm³/mol. The van der Waals surface area contributed by atoms with Crippen LogP contribution in [-0.4, -0.2) is 12.4 Å². The quantitative estimate of drug-likeness (QED) is 0.567. The van der Waals surface area contributed by atoms with Gasteiger partial charge in [0.15, 0.2) is 6.29 Å². The fourth-order valence-corrected chi connectivity index (χ4v) is 2.39. The van der Waals surface area contributed by atoms with Crippen molar-refractivity contribution in [1.29, 1.82) is 0 Å². The second-order valence-electron chi connectivity index (χ2n) is 4.87. The van der Waals surface area contributed by atoms with Gasteiger partial charge in [-0.1, -0.05) is 56.2 Å². The smallest absolute Gasteiger partial charge is 0.197 e. The largest absolute Gasteiger partial charge is 0.465 e. The maximum absolute atomic E-state index is 5.90. The normalized spacial score (nSPS) is 18.3. The van der Waals surface area contributed by atoms with Crippen molar-refractivity contribution in [2.75, 3.05) is 0 Å². The van der Waals surface area contributed by atoms with Crippen LogP contribution in [0.5, 0.6) is 0 Å². The third-order valence-electron chi connectivity index (χ3n) is 3.34. The summed E-state index contributed by atoms with van der Waals surface area (Å²) in [5.41, 5.74) is 1.01. The SMILES string of the molecule is C=C(OC(C)OC1CCCCC1)c1ccccc1. The van der Waals surface area contributed by atoms with E-state index < -0.39 is 0 Å². The van der Waals surface area contributed by atoms with E-state index in [1.807, 2.05) is 37.3 Å². The summed E-state index contributed by atoms with van der Waals surface area (Å²) in [6.45, 7) is 5.90. The van der Waals surface area contributed by atoms with Gasteiger partial charge in [-0.3, -0.25) is 0 Å². The van der Waals surface area contributed by atoms with Gasteiger partial charge in [-0.25, -0.2) is 0 Å². The van der Waals surface area contributed by atoms with Gasteiger partial charge < -0.3 is 9.47 Å². The van der Waals surface area contributed by atoms with E-state index in [0.29, 0.717) is 11.9 Å². The second kappa shape index (κ2) is 6.60. The maximum Gasteiger partial charge on any atom is 0.197 e. The summed E-state index contributed by atoms with van der Waals surface area (Å²) in [5.74, 6) is 0.680. The first-order chi connectivity index (χ1) is 8.75. The van der Waals surface area contributed by atoms with Crippen molar-refractivity contribution in [3.63, 3.8) is 0 Å². The van der Waals surface area contributed by atoms with Crippen LogP contribution >= 0.6 is 0 Å². The summed E-state index contributed by atoms with van der Waals surface area (Å²) in [7, 11) is 0. The van der Waals surface area contributed by atoms with E-state index in [-0.39, 0.29) is 6.29 Å². The van der Waals surface area contributed by atoms with Gasteiger partial charge in [0.1, 0.15) is 5.76 Å².